The van der Waals surface area contributed by atoms with E-state index in [1.54, 1.807) is 37.3 Å². The van der Waals surface area contributed by atoms with E-state index in [0.29, 0.717) is 18.4 Å². The van der Waals surface area contributed by atoms with Gasteiger partial charge in [0.1, 0.15) is 11.4 Å². The van der Waals surface area contributed by atoms with E-state index < -0.39 is 27.4 Å². The Bertz CT molecular complexity index is 524. The molecule has 0 saturated heterocycles. The molecule has 1 aromatic rings. The van der Waals surface area contributed by atoms with E-state index in [2.05, 4.69) is 0 Å². The highest BCUT2D eigenvalue weighted by Gasteiger charge is 2.33. The van der Waals surface area contributed by atoms with Gasteiger partial charge in [0.15, 0.2) is 0 Å². The van der Waals surface area contributed by atoms with Gasteiger partial charge < -0.3 is 4.74 Å². The molecule has 0 aliphatic carbocycles. The van der Waals surface area contributed by atoms with Gasteiger partial charge >= 0.3 is 5.97 Å². The van der Waals surface area contributed by atoms with Crippen molar-refractivity contribution < 1.29 is 22.5 Å². The summed E-state index contributed by atoms with van der Waals surface area (Å²) < 4.78 is 37.2. The number of carbonyl (C=O) groups is 1. The molecular formula is C14H20O5S. The Morgan fingerprint density at radius 1 is 1.25 bits per heavy atom. The molecule has 5 nitrogen and oxygen atoms in total. The summed E-state index contributed by atoms with van der Waals surface area (Å²) in [6.07, 6.45) is 0.383. The highest BCUT2D eigenvalue weighted by Crippen LogP contribution is 2.19. The normalized spacial score (nSPS) is 14.6. The Balaban J connectivity index is 2.90. The van der Waals surface area contributed by atoms with Crippen LogP contribution < -0.4 is 0 Å². The summed E-state index contributed by atoms with van der Waals surface area (Å²) in [5, 5.41) is -1.09. The molecule has 0 amide bonds. The molecule has 0 aliphatic heterocycles. The largest absolute Gasteiger partial charge is 0.457 e. The number of esters is 1. The summed E-state index contributed by atoms with van der Waals surface area (Å²) in [5.74, 6) is -0.578. The van der Waals surface area contributed by atoms with Crippen LogP contribution in [0, 0.1) is 0 Å². The van der Waals surface area contributed by atoms with Gasteiger partial charge in [0, 0.05) is 0 Å². The number of ether oxygens (including phenoxy) is 1. The van der Waals surface area contributed by atoms with Crippen molar-refractivity contribution in [2.24, 2.45) is 0 Å². The molecule has 2 atom stereocenters. The van der Waals surface area contributed by atoms with Crippen LogP contribution >= 0.6 is 0 Å². The van der Waals surface area contributed by atoms with Crippen LogP contribution in [0.25, 0.3) is 0 Å². The maximum Gasteiger partial charge on any atom is 0.338 e. The standard InChI is InChI=1S/C14H20O5S/c1-3-8-12(13(4-2)20(16,17)18)19-14(15)11-9-6-5-7-10-11/h5-7,9-10,12-13H,3-4,8H2,1-2H3,(H,16,17,18). The highest BCUT2D eigenvalue weighted by molar-refractivity contribution is 7.86. The van der Waals surface area contributed by atoms with Crippen molar-refractivity contribution in [3.8, 4) is 0 Å². The van der Waals surface area contributed by atoms with E-state index in [1.165, 1.54) is 0 Å². The maximum atomic E-state index is 12.0. The van der Waals surface area contributed by atoms with Crippen LogP contribution in [0.5, 0.6) is 0 Å². The lowest BCUT2D eigenvalue weighted by Crippen LogP contribution is -2.37. The molecule has 0 aliphatic rings. The maximum absolute atomic E-state index is 12.0. The molecule has 0 bridgehead atoms. The van der Waals surface area contributed by atoms with Gasteiger partial charge in [0.25, 0.3) is 10.1 Å². The van der Waals surface area contributed by atoms with Gasteiger partial charge in [-0.1, -0.05) is 38.5 Å². The molecule has 0 heterocycles. The Kier molecular flexibility index (Phi) is 6.16. The van der Waals surface area contributed by atoms with Crippen LogP contribution in [-0.2, 0) is 14.9 Å². The first-order chi connectivity index (χ1) is 9.40. The first kappa shape index (κ1) is 16.7. The average Bonchev–Trinajstić information content (AvgIpc) is 2.39. The third-order valence-electron chi connectivity index (χ3n) is 3.04. The van der Waals surface area contributed by atoms with Crippen LogP contribution in [0.3, 0.4) is 0 Å². The predicted molar refractivity (Wildman–Crippen MR) is 76.2 cm³/mol. The minimum Gasteiger partial charge on any atom is -0.457 e. The lowest BCUT2D eigenvalue weighted by atomic mass is 10.1. The number of hydrogen-bond acceptors (Lipinski definition) is 4. The summed E-state index contributed by atoms with van der Waals surface area (Å²) in [4.78, 5) is 12.0. The Morgan fingerprint density at radius 2 is 1.85 bits per heavy atom. The molecular weight excluding hydrogens is 280 g/mol. The van der Waals surface area contributed by atoms with Crippen LogP contribution in [0.15, 0.2) is 30.3 Å². The zero-order valence-electron chi connectivity index (χ0n) is 11.7. The van der Waals surface area contributed by atoms with Crippen LogP contribution in [-0.4, -0.2) is 30.3 Å². The minimum atomic E-state index is -4.24. The van der Waals surface area contributed by atoms with E-state index in [-0.39, 0.29) is 6.42 Å². The Morgan fingerprint density at radius 3 is 2.30 bits per heavy atom. The molecule has 20 heavy (non-hydrogen) atoms. The fourth-order valence-corrected chi connectivity index (χ4v) is 3.05. The van der Waals surface area contributed by atoms with E-state index >= 15 is 0 Å². The number of benzene rings is 1. The van der Waals surface area contributed by atoms with Crippen molar-refractivity contribution in [1.29, 1.82) is 0 Å². The topological polar surface area (TPSA) is 80.7 Å². The Labute approximate surface area is 119 Å². The van der Waals surface area contributed by atoms with Crippen LogP contribution in [0.1, 0.15) is 43.5 Å². The molecule has 0 spiro atoms. The smallest absolute Gasteiger partial charge is 0.338 e. The zero-order chi connectivity index (χ0) is 15.2. The van der Waals surface area contributed by atoms with Crippen molar-refractivity contribution in [1.82, 2.24) is 0 Å². The number of rotatable bonds is 7. The molecule has 2 unspecified atom stereocenters. The molecule has 0 saturated carbocycles. The third kappa shape index (κ3) is 4.61. The Hall–Kier alpha value is -1.40. The monoisotopic (exact) mass is 300 g/mol. The fraction of sp³-hybridized carbons (Fsp3) is 0.500. The van der Waals surface area contributed by atoms with Gasteiger partial charge in [-0.3, -0.25) is 4.55 Å². The predicted octanol–water partition coefficient (Wildman–Crippen LogP) is 2.68. The molecule has 1 N–H and O–H groups in total. The molecule has 0 fully saturated rings. The van der Waals surface area contributed by atoms with Gasteiger partial charge in [0.2, 0.25) is 0 Å². The second-order valence-electron chi connectivity index (χ2n) is 4.56. The lowest BCUT2D eigenvalue weighted by Gasteiger charge is -2.23. The van der Waals surface area contributed by atoms with Crippen LogP contribution in [0.2, 0.25) is 0 Å². The summed E-state index contributed by atoms with van der Waals surface area (Å²) in [6, 6.07) is 8.36. The quantitative estimate of drug-likeness (QED) is 0.618. The first-order valence-electron chi connectivity index (χ1n) is 6.62. The van der Waals surface area contributed by atoms with E-state index in [9.17, 15) is 17.8 Å². The number of hydrogen-bond donors (Lipinski definition) is 1. The summed E-state index contributed by atoms with van der Waals surface area (Å²) >= 11 is 0. The summed E-state index contributed by atoms with van der Waals surface area (Å²) in [5.41, 5.74) is 0.360. The highest BCUT2D eigenvalue weighted by atomic mass is 32.2. The van der Waals surface area contributed by atoms with Crippen molar-refractivity contribution in [3.63, 3.8) is 0 Å². The molecule has 6 heteroatoms. The van der Waals surface area contributed by atoms with Gasteiger partial charge in [-0.05, 0) is 25.0 Å². The second kappa shape index (κ2) is 7.40. The van der Waals surface area contributed by atoms with Gasteiger partial charge in [-0.25, -0.2) is 4.79 Å². The average molecular weight is 300 g/mol. The van der Waals surface area contributed by atoms with E-state index in [4.69, 9.17) is 4.74 Å². The molecule has 1 rings (SSSR count). The lowest BCUT2D eigenvalue weighted by molar-refractivity contribution is 0.0263. The van der Waals surface area contributed by atoms with Gasteiger partial charge in [-0.2, -0.15) is 8.42 Å². The van der Waals surface area contributed by atoms with Crippen molar-refractivity contribution >= 4 is 16.1 Å². The molecule has 0 aromatic heterocycles. The number of carbonyl (C=O) groups excluding carboxylic acids is 1. The third-order valence-corrected chi connectivity index (χ3v) is 4.44. The van der Waals surface area contributed by atoms with Crippen molar-refractivity contribution in [2.45, 2.75) is 44.5 Å². The SMILES string of the molecule is CCCC(OC(=O)c1ccccc1)C(CC)S(=O)(=O)O. The van der Waals surface area contributed by atoms with Crippen molar-refractivity contribution in [2.75, 3.05) is 0 Å². The van der Waals surface area contributed by atoms with Gasteiger partial charge in [0.05, 0.1) is 5.56 Å². The fourth-order valence-electron chi connectivity index (χ4n) is 2.05. The molecule has 1 aromatic carbocycles. The van der Waals surface area contributed by atoms with E-state index in [1.807, 2.05) is 6.92 Å². The summed E-state index contributed by atoms with van der Waals surface area (Å²) in [6.45, 7) is 3.50. The minimum absolute atomic E-state index is 0.186. The summed E-state index contributed by atoms with van der Waals surface area (Å²) in [7, 11) is -4.24. The van der Waals surface area contributed by atoms with Gasteiger partial charge in [-0.15, -0.1) is 0 Å². The first-order valence-corrected chi connectivity index (χ1v) is 8.12. The van der Waals surface area contributed by atoms with Crippen molar-refractivity contribution in [3.05, 3.63) is 35.9 Å². The molecule has 112 valence electrons. The van der Waals surface area contributed by atoms with E-state index in [0.717, 1.165) is 0 Å². The zero-order valence-corrected chi connectivity index (χ0v) is 12.5. The van der Waals surface area contributed by atoms with Crippen LogP contribution in [0.4, 0.5) is 0 Å². The second-order valence-corrected chi connectivity index (χ2v) is 6.20. The molecule has 0 radical (unpaired) electrons.